The van der Waals surface area contributed by atoms with Crippen LogP contribution >= 0.6 is 11.6 Å². The second-order valence-electron chi connectivity index (χ2n) is 4.08. The Balaban J connectivity index is 2.31. The van der Waals surface area contributed by atoms with Crippen molar-refractivity contribution in [3.63, 3.8) is 0 Å². The van der Waals surface area contributed by atoms with Crippen LogP contribution in [0, 0.1) is 0 Å². The van der Waals surface area contributed by atoms with E-state index in [0.717, 1.165) is 12.0 Å². The second kappa shape index (κ2) is 5.66. The first-order valence-corrected chi connectivity index (χ1v) is 6.24. The Morgan fingerprint density at radius 2 is 1.95 bits per heavy atom. The van der Waals surface area contributed by atoms with Gasteiger partial charge in [0.1, 0.15) is 11.0 Å². The Morgan fingerprint density at radius 1 is 1.20 bits per heavy atom. The molecule has 0 unspecified atom stereocenters. The Bertz CT molecular complexity index is 614. The molecular weight excluding hydrogens is 291 g/mol. The summed E-state index contributed by atoms with van der Waals surface area (Å²) in [5, 5.41) is 2.53. The number of nitrogens with zero attached hydrogens (tertiary/aromatic N) is 2. The van der Waals surface area contributed by atoms with Crippen LogP contribution in [0.15, 0.2) is 30.3 Å². The number of benzene rings is 1. The summed E-state index contributed by atoms with van der Waals surface area (Å²) in [5.41, 5.74) is 1.71. The SMILES string of the molecule is CCc1cccc(Nc2cc(Cl)nc(C(F)(F)F)n2)c1. The molecule has 0 fully saturated rings. The fourth-order valence-electron chi connectivity index (χ4n) is 1.63. The molecule has 0 amide bonds. The van der Waals surface area contributed by atoms with Gasteiger partial charge in [0, 0.05) is 11.8 Å². The van der Waals surface area contributed by atoms with Gasteiger partial charge in [0.05, 0.1) is 0 Å². The molecule has 0 aliphatic heterocycles. The highest BCUT2D eigenvalue weighted by Crippen LogP contribution is 2.29. The van der Waals surface area contributed by atoms with E-state index in [-0.39, 0.29) is 11.0 Å². The summed E-state index contributed by atoms with van der Waals surface area (Å²) in [6.07, 6.45) is -3.81. The fraction of sp³-hybridized carbons (Fsp3) is 0.231. The summed E-state index contributed by atoms with van der Waals surface area (Å²) in [7, 11) is 0. The molecule has 0 atom stereocenters. The Hall–Kier alpha value is -1.82. The van der Waals surface area contributed by atoms with E-state index >= 15 is 0 Å². The minimum Gasteiger partial charge on any atom is -0.340 e. The molecule has 0 radical (unpaired) electrons. The van der Waals surface area contributed by atoms with Crippen molar-refractivity contribution >= 4 is 23.1 Å². The zero-order valence-corrected chi connectivity index (χ0v) is 11.3. The number of alkyl halides is 3. The molecule has 1 heterocycles. The number of rotatable bonds is 3. The molecule has 1 N–H and O–H groups in total. The number of aryl methyl sites for hydroxylation is 1. The van der Waals surface area contributed by atoms with Crippen molar-refractivity contribution in [1.29, 1.82) is 0 Å². The molecule has 2 aromatic rings. The highest BCUT2D eigenvalue weighted by Gasteiger charge is 2.35. The lowest BCUT2D eigenvalue weighted by Gasteiger charge is -2.10. The minimum atomic E-state index is -4.63. The lowest BCUT2D eigenvalue weighted by atomic mass is 10.1. The molecule has 0 aliphatic rings. The van der Waals surface area contributed by atoms with Crippen molar-refractivity contribution < 1.29 is 13.2 Å². The maximum Gasteiger partial charge on any atom is 0.451 e. The number of nitrogens with one attached hydrogen (secondary N) is 1. The quantitative estimate of drug-likeness (QED) is 0.851. The van der Waals surface area contributed by atoms with Gasteiger partial charge in [0.25, 0.3) is 0 Å². The summed E-state index contributed by atoms with van der Waals surface area (Å²) in [6, 6.07) is 8.56. The second-order valence-corrected chi connectivity index (χ2v) is 4.46. The van der Waals surface area contributed by atoms with Crippen LogP contribution in [0.2, 0.25) is 5.15 Å². The van der Waals surface area contributed by atoms with Gasteiger partial charge in [-0.25, -0.2) is 9.97 Å². The van der Waals surface area contributed by atoms with Gasteiger partial charge in [0.15, 0.2) is 0 Å². The average Bonchev–Trinajstić information content (AvgIpc) is 2.37. The molecule has 7 heteroatoms. The largest absolute Gasteiger partial charge is 0.451 e. The topological polar surface area (TPSA) is 37.8 Å². The Kier molecular flexibility index (Phi) is 4.13. The Labute approximate surface area is 118 Å². The van der Waals surface area contributed by atoms with Gasteiger partial charge in [-0.2, -0.15) is 13.2 Å². The van der Waals surface area contributed by atoms with Crippen LogP contribution in [0.4, 0.5) is 24.7 Å². The van der Waals surface area contributed by atoms with Crippen molar-refractivity contribution in [1.82, 2.24) is 9.97 Å². The molecule has 106 valence electrons. The van der Waals surface area contributed by atoms with Gasteiger partial charge in [-0.05, 0) is 24.1 Å². The van der Waals surface area contributed by atoms with Gasteiger partial charge >= 0.3 is 6.18 Å². The smallest absolute Gasteiger partial charge is 0.340 e. The van der Waals surface area contributed by atoms with E-state index < -0.39 is 12.0 Å². The number of halogens is 4. The molecule has 1 aromatic carbocycles. The van der Waals surface area contributed by atoms with Crippen LogP contribution in [-0.4, -0.2) is 9.97 Å². The van der Waals surface area contributed by atoms with Crippen LogP contribution in [0.5, 0.6) is 0 Å². The van der Waals surface area contributed by atoms with Crippen molar-refractivity contribution in [3.05, 3.63) is 46.9 Å². The summed E-state index contributed by atoms with van der Waals surface area (Å²) < 4.78 is 37.8. The molecular formula is C13H11ClF3N3. The monoisotopic (exact) mass is 301 g/mol. The number of hydrogen-bond donors (Lipinski definition) is 1. The lowest BCUT2D eigenvalue weighted by Crippen LogP contribution is -2.12. The molecule has 20 heavy (non-hydrogen) atoms. The minimum absolute atomic E-state index is 0.00516. The highest BCUT2D eigenvalue weighted by molar-refractivity contribution is 6.29. The third-order valence-corrected chi connectivity index (χ3v) is 2.75. The van der Waals surface area contributed by atoms with Crippen LogP contribution < -0.4 is 5.32 Å². The third-order valence-electron chi connectivity index (χ3n) is 2.56. The van der Waals surface area contributed by atoms with Crippen molar-refractivity contribution in [2.75, 3.05) is 5.32 Å². The molecule has 3 nitrogen and oxygen atoms in total. The lowest BCUT2D eigenvalue weighted by molar-refractivity contribution is -0.144. The van der Waals surface area contributed by atoms with E-state index in [0.29, 0.717) is 5.69 Å². The first-order chi connectivity index (χ1) is 9.38. The van der Waals surface area contributed by atoms with Crippen molar-refractivity contribution in [2.24, 2.45) is 0 Å². The molecule has 0 bridgehead atoms. The van der Waals surface area contributed by atoms with Crippen LogP contribution in [0.25, 0.3) is 0 Å². The fourth-order valence-corrected chi connectivity index (χ4v) is 1.81. The van der Waals surface area contributed by atoms with E-state index in [1.165, 1.54) is 6.07 Å². The maximum atomic E-state index is 12.6. The van der Waals surface area contributed by atoms with Crippen molar-refractivity contribution in [2.45, 2.75) is 19.5 Å². The summed E-state index contributed by atoms with van der Waals surface area (Å²) in [4.78, 5) is 6.59. The van der Waals surface area contributed by atoms with Gasteiger partial charge in [-0.15, -0.1) is 0 Å². The van der Waals surface area contributed by atoms with Crippen LogP contribution in [-0.2, 0) is 12.6 Å². The summed E-state index contributed by atoms with van der Waals surface area (Å²) >= 11 is 5.59. The van der Waals surface area contributed by atoms with Crippen LogP contribution in [0.1, 0.15) is 18.3 Å². The van der Waals surface area contributed by atoms with Crippen LogP contribution in [0.3, 0.4) is 0 Å². The van der Waals surface area contributed by atoms with E-state index in [1.807, 2.05) is 25.1 Å². The van der Waals surface area contributed by atoms with Gasteiger partial charge < -0.3 is 5.32 Å². The third kappa shape index (κ3) is 3.60. The first-order valence-electron chi connectivity index (χ1n) is 5.86. The predicted molar refractivity (Wildman–Crippen MR) is 71.1 cm³/mol. The van der Waals surface area contributed by atoms with E-state index in [4.69, 9.17) is 11.6 Å². The predicted octanol–water partition coefficient (Wildman–Crippen LogP) is 4.45. The molecule has 0 saturated carbocycles. The Morgan fingerprint density at radius 3 is 2.60 bits per heavy atom. The number of anilines is 2. The van der Waals surface area contributed by atoms with Gasteiger partial charge in [-0.3, -0.25) is 0 Å². The van der Waals surface area contributed by atoms with E-state index in [9.17, 15) is 13.2 Å². The van der Waals surface area contributed by atoms with Gasteiger partial charge in [-0.1, -0.05) is 30.7 Å². The molecule has 2 rings (SSSR count). The molecule has 0 aliphatic carbocycles. The standard InChI is InChI=1S/C13H11ClF3N3/c1-2-8-4-3-5-9(6-8)18-11-7-10(14)19-12(20-11)13(15,16)17/h3-7H,2H2,1H3,(H,18,19,20). The number of aromatic nitrogens is 2. The highest BCUT2D eigenvalue weighted by atomic mass is 35.5. The van der Waals surface area contributed by atoms with Gasteiger partial charge in [0.2, 0.25) is 5.82 Å². The van der Waals surface area contributed by atoms with E-state index in [1.54, 1.807) is 6.07 Å². The normalized spacial score (nSPS) is 11.4. The summed E-state index contributed by atoms with van der Waals surface area (Å²) in [5.74, 6) is -1.26. The molecule has 1 aromatic heterocycles. The zero-order chi connectivity index (χ0) is 14.8. The van der Waals surface area contributed by atoms with Crippen molar-refractivity contribution in [3.8, 4) is 0 Å². The molecule has 0 saturated heterocycles. The number of hydrogen-bond acceptors (Lipinski definition) is 3. The first kappa shape index (κ1) is 14.6. The maximum absolute atomic E-state index is 12.6. The molecule has 0 spiro atoms. The zero-order valence-electron chi connectivity index (χ0n) is 10.5. The van der Waals surface area contributed by atoms with E-state index in [2.05, 4.69) is 15.3 Å². The average molecular weight is 302 g/mol. The summed E-state index contributed by atoms with van der Waals surface area (Å²) in [6.45, 7) is 1.99.